The second-order valence-corrected chi connectivity index (χ2v) is 8.76. The topological polar surface area (TPSA) is 20.3 Å². The lowest BCUT2D eigenvalue weighted by atomic mass is 9.49. The molecule has 1 amide bonds. The van der Waals surface area contributed by atoms with Crippen molar-refractivity contribution in [3.8, 4) is 0 Å². The molecular formula is C19H31NO. The van der Waals surface area contributed by atoms with E-state index < -0.39 is 0 Å². The number of nitrogens with zero attached hydrogens (tertiary/aromatic N) is 1. The van der Waals surface area contributed by atoms with Crippen LogP contribution in [-0.2, 0) is 4.79 Å². The fourth-order valence-corrected chi connectivity index (χ4v) is 6.56. The summed E-state index contributed by atoms with van der Waals surface area (Å²) in [6.07, 6.45) is 15.8. The van der Waals surface area contributed by atoms with Crippen LogP contribution in [0.2, 0.25) is 0 Å². The monoisotopic (exact) mass is 289 g/mol. The zero-order valence-corrected chi connectivity index (χ0v) is 13.7. The van der Waals surface area contributed by atoms with Crippen LogP contribution in [0.3, 0.4) is 0 Å². The number of rotatable bonds is 2. The van der Waals surface area contributed by atoms with Gasteiger partial charge in [-0.25, -0.2) is 0 Å². The summed E-state index contributed by atoms with van der Waals surface area (Å²) in [6, 6.07) is 0.535. The van der Waals surface area contributed by atoms with Gasteiger partial charge in [-0.2, -0.15) is 0 Å². The fraction of sp³-hybridized carbons (Fsp3) is 0.947. The first-order valence-corrected chi connectivity index (χ1v) is 9.43. The summed E-state index contributed by atoms with van der Waals surface area (Å²) >= 11 is 0. The molecule has 0 aromatic rings. The van der Waals surface area contributed by atoms with Gasteiger partial charge in [0.2, 0.25) is 5.91 Å². The molecule has 2 heteroatoms. The van der Waals surface area contributed by atoms with Gasteiger partial charge < -0.3 is 4.90 Å². The molecule has 0 heterocycles. The Kier molecular flexibility index (Phi) is 3.54. The van der Waals surface area contributed by atoms with Crippen molar-refractivity contribution in [2.75, 3.05) is 7.05 Å². The summed E-state index contributed by atoms with van der Waals surface area (Å²) in [7, 11) is 2.12. The Hall–Kier alpha value is -0.530. The lowest BCUT2D eigenvalue weighted by Gasteiger charge is -2.56. The Labute approximate surface area is 129 Å². The predicted molar refractivity (Wildman–Crippen MR) is 84.9 cm³/mol. The normalized spacial score (nSPS) is 42.8. The van der Waals surface area contributed by atoms with Crippen molar-refractivity contribution in [3.63, 3.8) is 0 Å². The van der Waals surface area contributed by atoms with Crippen molar-refractivity contribution in [1.29, 1.82) is 0 Å². The molecule has 0 N–H and O–H groups in total. The summed E-state index contributed by atoms with van der Waals surface area (Å²) < 4.78 is 0. The molecule has 118 valence electrons. The molecule has 0 radical (unpaired) electrons. The Morgan fingerprint density at radius 1 is 0.857 bits per heavy atom. The molecule has 0 aromatic carbocycles. The van der Waals surface area contributed by atoms with Gasteiger partial charge in [-0.05, 0) is 69.1 Å². The molecule has 0 aromatic heterocycles. The van der Waals surface area contributed by atoms with Gasteiger partial charge in [-0.15, -0.1) is 0 Å². The van der Waals surface area contributed by atoms with Crippen molar-refractivity contribution >= 4 is 5.91 Å². The summed E-state index contributed by atoms with van der Waals surface area (Å²) in [5, 5.41) is 0. The van der Waals surface area contributed by atoms with Gasteiger partial charge in [-0.1, -0.05) is 25.7 Å². The van der Waals surface area contributed by atoms with Crippen molar-refractivity contribution in [1.82, 2.24) is 4.90 Å². The number of hydrogen-bond acceptors (Lipinski definition) is 1. The molecule has 0 atom stereocenters. The van der Waals surface area contributed by atoms with Crippen molar-refractivity contribution in [2.45, 2.75) is 83.1 Å². The smallest absolute Gasteiger partial charge is 0.228 e. The van der Waals surface area contributed by atoms with Crippen LogP contribution >= 0.6 is 0 Å². The highest BCUT2D eigenvalue weighted by Crippen LogP contribution is 2.60. The van der Waals surface area contributed by atoms with Gasteiger partial charge in [0, 0.05) is 13.1 Å². The van der Waals surface area contributed by atoms with E-state index >= 15 is 0 Å². The fourth-order valence-electron chi connectivity index (χ4n) is 6.56. The van der Waals surface area contributed by atoms with E-state index in [1.54, 1.807) is 0 Å². The Morgan fingerprint density at radius 2 is 1.33 bits per heavy atom. The maximum absolute atomic E-state index is 13.3. The summed E-state index contributed by atoms with van der Waals surface area (Å²) in [6.45, 7) is 0. The molecule has 5 saturated carbocycles. The van der Waals surface area contributed by atoms with Crippen molar-refractivity contribution < 1.29 is 4.79 Å². The molecule has 5 aliphatic rings. The van der Waals surface area contributed by atoms with Crippen molar-refractivity contribution in [2.24, 2.45) is 23.2 Å². The molecule has 0 aliphatic heterocycles. The minimum atomic E-state index is 0.0653. The third-order valence-electron chi connectivity index (χ3n) is 7.18. The first kappa shape index (κ1) is 14.1. The van der Waals surface area contributed by atoms with E-state index in [9.17, 15) is 4.79 Å². The number of carbonyl (C=O) groups is 1. The third kappa shape index (κ3) is 2.43. The maximum Gasteiger partial charge on any atom is 0.228 e. The minimum Gasteiger partial charge on any atom is -0.342 e. The molecular weight excluding hydrogens is 258 g/mol. The molecule has 21 heavy (non-hydrogen) atoms. The molecule has 5 aliphatic carbocycles. The molecule has 4 bridgehead atoms. The van der Waals surface area contributed by atoms with Crippen LogP contribution in [0.4, 0.5) is 0 Å². The van der Waals surface area contributed by atoms with E-state index in [2.05, 4.69) is 11.9 Å². The Bertz CT molecular complexity index is 373. The summed E-state index contributed by atoms with van der Waals surface area (Å²) in [5.41, 5.74) is 0.0653. The quantitative estimate of drug-likeness (QED) is 0.691. The van der Waals surface area contributed by atoms with Crippen molar-refractivity contribution in [3.05, 3.63) is 0 Å². The highest BCUT2D eigenvalue weighted by atomic mass is 16.2. The van der Waals surface area contributed by atoms with E-state index in [1.165, 1.54) is 77.0 Å². The number of carbonyl (C=O) groups excluding carboxylic acids is 1. The third-order valence-corrected chi connectivity index (χ3v) is 7.18. The largest absolute Gasteiger partial charge is 0.342 e. The zero-order valence-electron chi connectivity index (χ0n) is 13.7. The van der Waals surface area contributed by atoms with E-state index in [0.717, 1.165) is 17.8 Å². The summed E-state index contributed by atoms with van der Waals surface area (Å²) in [5.74, 6) is 3.17. The van der Waals surface area contributed by atoms with Crippen LogP contribution in [0.15, 0.2) is 0 Å². The second kappa shape index (κ2) is 5.28. The summed E-state index contributed by atoms with van der Waals surface area (Å²) in [4.78, 5) is 15.5. The average molecular weight is 289 g/mol. The van der Waals surface area contributed by atoms with Crippen LogP contribution in [0, 0.1) is 23.2 Å². The molecule has 0 unspecified atom stereocenters. The Morgan fingerprint density at radius 3 is 1.81 bits per heavy atom. The number of amides is 1. The highest BCUT2D eigenvalue weighted by Gasteiger charge is 2.55. The van der Waals surface area contributed by atoms with Gasteiger partial charge in [0.05, 0.1) is 5.41 Å². The van der Waals surface area contributed by atoms with Crippen LogP contribution in [0.1, 0.15) is 77.0 Å². The van der Waals surface area contributed by atoms with Crippen LogP contribution in [-0.4, -0.2) is 23.9 Å². The van der Waals surface area contributed by atoms with E-state index in [-0.39, 0.29) is 5.41 Å². The van der Waals surface area contributed by atoms with Gasteiger partial charge in [-0.3, -0.25) is 4.79 Å². The average Bonchev–Trinajstić information content (AvgIpc) is 2.73. The van der Waals surface area contributed by atoms with E-state index in [1.807, 2.05) is 0 Å². The molecule has 0 saturated heterocycles. The van der Waals surface area contributed by atoms with Crippen LogP contribution in [0.5, 0.6) is 0 Å². The molecule has 2 nitrogen and oxygen atoms in total. The van der Waals surface area contributed by atoms with Gasteiger partial charge >= 0.3 is 0 Å². The SMILES string of the molecule is CN(C(=O)C12CC3CC(CC(C3)C1)C2)C1CCCCCC1. The first-order valence-electron chi connectivity index (χ1n) is 9.43. The number of hydrogen-bond donors (Lipinski definition) is 0. The molecule has 5 fully saturated rings. The van der Waals surface area contributed by atoms with E-state index in [4.69, 9.17) is 0 Å². The predicted octanol–water partition coefficient (Wildman–Crippen LogP) is 4.38. The standard InChI is InChI=1S/C19H31NO/c1-20(17-6-4-2-3-5-7-17)18(21)19-11-14-8-15(12-19)10-16(9-14)13-19/h14-17H,2-13H2,1H3. The van der Waals surface area contributed by atoms with Gasteiger partial charge in [0.25, 0.3) is 0 Å². The second-order valence-electron chi connectivity index (χ2n) is 8.76. The first-order chi connectivity index (χ1) is 10.2. The molecule has 5 rings (SSSR count). The zero-order chi connectivity index (χ0) is 14.4. The van der Waals surface area contributed by atoms with Crippen LogP contribution < -0.4 is 0 Å². The van der Waals surface area contributed by atoms with Gasteiger partial charge in [0.15, 0.2) is 0 Å². The lowest BCUT2D eigenvalue weighted by molar-refractivity contribution is -0.158. The Balaban J connectivity index is 1.51. The maximum atomic E-state index is 13.3. The van der Waals surface area contributed by atoms with E-state index in [0.29, 0.717) is 11.9 Å². The van der Waals surface area contributed by atoms with Crippen LogP contribution in [0.25, 0.3) is 0 Å². The lowest BCUT2D eigenvalue weighted by Crippen LogP contribution is -2.55. The highest BCUT2D eigenvalue weighted by molar-refractivity contribution is 5.83. The minimum absolute atomic E-state index is 0.0653. The van der Waals surface area contributed by atoms with Gasteiger partial charge in [0.1, 0.15) is 0 Å². The molecule has 0 spiro atoms.